The molecule has 0 bridgehead atoms. The summed E-state index contributed by atoms with van der Waals surface area (Å²) in [6, 6.07) is 10.5. The minimum atomic E-state index is -0.181. The van der Waals surface area contributed by atoms with E-state index in [-0.39, 0.29) is 11.5 Å². The van der Waals surface area contributed by atoms with Gasteiger partial charge in [-0.2, -0.15) is 0 Å². The first kappa shape index (κ1) is 21.4. The Morgan fingerprint density at radius 2 is 2.06 bits per heavy atom. The molecule has 174 valence electrons. The van der Waals surface area contributed by atoms with Crippen LogP contribution in [0.4, 0.5) is 11.5 Å². The van der Waals surface area contributed by atoms with Crippen LogP contribution in [0, 0.1) is 0 Å². The molecule has 2 aliphatic heterocycles. The minimum Gasteiger partial charge on any atom is -0.370 e. The first-order chi connectivity index (χ1) is 16.5. The number of benzene rings is 1. The molecular weight excluding hydrogens is 446 g/mol. The van der Waals surface area contributed by atoms with Crippen molar-refractivity contribution in [2.45, 2.75) is 51.7 Å². The van der Waals surface area contributed by atoms with Crippen molar-refractivity contribution in [2.75, 3.05) is 23.3 Å². The lowest BCUT2D eigenvalue weighted by molar-refractivity contribution is -0.117. The zero-order chi connectivity index (χ0) is 23.3. The van der Waals surface area contributed by atoms with Crippen molar-refractivity contribution in [1.82, 2.24) is 15.0 Å². The van der Waals surface area contributed by atoms with Gasteiger partial charge in [0.2, 0.25) is 5.91 Å². The van der Waals surface area contributed by atoms with Gasteiger partial charge in [0.15, 0.2) is 0 Å². The van der Waals surface area contributed by atoms with Crippen LogP contribution < -0.4 is 10.2 Å². The van der Waals surface area contributed by atoms with Crippen molar-refractivity contribution in [3.63, 3.8) is 0 Å². The van der Waals surface area contributed by atoms with Gasteiger partial charge in [0.1, 0.15) is 17.0 Å². The Morgan fingerprint density at radius 1 is 1.21 bits per heavy atom. The Bertz CT molecular complexity index is 1400. The number of rotatable bonds is 5. The molecule has 6 rings (SSSR count). The maximum Gasteiger partial charge on any atom is 0.227 e. The van der Waals surface area contributed by atoms with Gasteiger partial charge in [-0.1, -0.05) is 12.1 Å². The molecule has 34 heavy (non-hydrogen) atoms. The van der Waals surface area contributed by atoms with Crippen LogP contribution in [0.25, 0.3) is 20.4 Å². The Balaban J connectivity index is 1.20. The minimum absolute atomic E-state index is 0.181. The normalized spacial score (nSPS) is 17.5. The molecule has 0 spiro atoms. The Labute approximate surface area is 202 Å². The van der Waals surface area contributed by atoms with Crippen LogP contribution in [0.5, 0.6) is 0 Å². The van der Waals surface area contributed by atoms with E-state index in [9.17, 15) is 4.79 Å². The third-order valence-electron chi connectivity index (χ3n) is 6.65. The molecule has 0 saturated carbocycles. The summed E-state index contributed by atoms with van der Waals surface area (Å²) in [7, 11) is 0. The SMILES string of the molecule is CC1(C)Cc2nc3sc4c(NCCc5ccc(N6CCCC6=O)cc5)ncnc4c3cc2CO1. The molecule has 8 heteroatoms. The molecule has 0 radical (unpaired) electrons. The van der Waals surface area contributed by atoms with E-state index in [1.54, 1.807) is 17.7 Å². The molecule has 1 aromatic carbocycles. The molecule has 0 aliphatic carbocycles. The molecule has 1 amide bonds. The van der Waals surface area contributed by atoms with Gasteiger partial charge in [-0.3, -0.25) is 4.79 Å². The number of aromatic nitrogens is 3. The molecule has 0 atom stereocenters. The first-order valence-electron chi connectivity index (χ1n) is 11.8. The number of fused-ring (bicyclic) bond motifs is 4. The van der Waals surface area contributed by atoms with Crippen LogP contribution in [0.3, 0.4) is 0 Å². The number of pyridine rings is 1. The smallest absolute Gasteiger partial charge is 0.227 e. The number of hydrogen-bond acceptors (Lipinski definition) is 7. The van der Waals surface area contributed by atoms with Crippen molar-refractivity contribution >= 4 is 49.2 Å². The average Bonchev–Trinajstić information content (AvgIpc) is 3.41. The van der Waals surface area contributed by atoms with E-state index in [4.69, 9.17) is 9.72 Å². The molecular formula is C26H27N5O2S. The van der Waals surface area contributed by atoms with Crippen LogP contribution >= 0.6 is 11.3 Å². The maximum absolute atomic E-state index is 12.0. The summed E-state index contributed by atoms with van der Waals surface area (Å²) in [5.41, 5.74) is 5.25. The standard InChI is InChI=1S/C26H27N5O2S/c1-26(2)13-20-17(14-33-26)12-19-22-23(34-25(19)30-20)24(29-15-28-22)27-10-9-16-5-7-18(8-6-16)31-11-3-4-21(31)32/h5-8,12,15H,3-4,9-11,13-14H2,1-2H3,(H,27,28,29). The van der Waals surface area contributed by atoms with Crippen LogP contribution in [-0.4, -0.2) is 39.5 Å². The summed E-state index contributed by atoms with van der Waals surface area (Å²) < 4.78 is 7.03. The van der Waals surface area contributed by atoms with Crippen molar-refractivity contribution in [1.29, 1.82) is 0 Å². The van der Waals surface area contributed by atoms with Crippen LogP contribution in [0.2, 0.25) is 0 Å². The maximum atomic E-state index is 12.0. The van der Waals surface area contributed by atoms with E-state index < -0.39 is 0 Å². The van der Waals surface area contributed by atoms with Gasteiger partial charge in [0.05, 0.1) is 28.1 Å². The summed E-state index contributed by atoms with van der Waals surface area (Å²) in [6.07, 6.45) is 4.90. The van der Waals surface area contributed by atoms with E-state index in [0.717, 1.165) is 75.5 Å². The van der Waals surface area contributed by atoms with Gasteiger partial charge in [-0.25, -0.2) is 15.0 Å². The highest BCUT2D eigenvalue weighted by Gasteiger charge is 2.28. The highest BCUT2D eigenvalue weighted by atomic mass is 32.1. The van der Waals surface area contributed by atoms with Crippen molar-refractivity contribution in [3.05, 3.63) is 53.5 Å². The lowest BCUT2D eigenvalue weighted by atomic mass is 9.95. The summed E-state index contributed by atoms with van der Waals surface area (Å²) >= 11 is 1.65. The summed E-state index contributed by atoms with van der Waals surface area (Å²) in [4.78, 5) is 28.9. The summed E-state index contributed by atoms with van der Waals surface area (Å²) in [5.74, 6) is 1.07. The van der Waals surface area contributed by atoms with E-state index in [0.29, 0.717) is 13.0 Å². The van der Waals surface area contributed by atoms with E-state index in [1.807, 2.05) is 17.0 Å². The topological polar surface area (TPSA) is 80.2 Å². The molecule has 5 heterocycles. The number of nitrogens with one attached hydrogen (secondary N) is 1. The zero-order valence-corrected chi connectivity index (χ0v) is 20.2. The summed E-state index contributed by atoms with van der Waals surface area (Å²) in [5, 5.41) is 4.57. The number of nitrogens with zero attached hydrogens (tertiary/aromatic N) is 4. The predicted octanol–water partition coefficient (Wildman–Crippen LogP) is 4.87. The monoisotopic (exact) mass is 473 g/mol. The highest BCUT2D eigenvalue weighted by Crippen LogP contribution is 2.38. The lowest BCUT2D eigenvalue weighted by Crippen LogP contribution is -2.32. The van der Waals surface area contributed by atoms with Crippen LogP contribution in [0.15, 0.2) is 36.7 Å². The molecule has 2 aliphatic rings. The lowest BCUT2D eigenvalue weighted by Gasteiger charge is -2.30. The fourth-order valence-corrected chi connectivity index (χ4v) is 5.90. The molecule has 1 N–H and O–H groups in total. The van der Waals surface area contributed by atoms with Crippen molar-refractivity contribution in [3.8, 4) is 0 Å². The molecule has 3 aromatic heterocycles. The number of thiophene rings is 1. The fourth-order valence-electron chi connectivity index (χ4n) is 4.80. The number of anilines is 2. The Morgan fingerprint density at radius 3 is 2.85 bits per heavy atom. The predicted molar refractivity (Wildman–Crippen MR) is 136 cm³/mol. The number of amides is 1. The largest absolute Gasteiger partial charge is 0.370 e. The van der Waals surface area contributed by atoms with Gasteiger partial charge in [-0.15, -0.1) is 11.3 Å². The molecule has 1 fully saturated rings. The number of carbonyl (C=O) groups excluding carboxylic acids is 1. The second-order valence-electron chi connectivity index (χ2n) is 9.67. The highest BCUT2D eigenvalue weighted by molar-refractivity contribution is 7.25. The third kappa shape index (κ3) is 3.91. The average molecular weight is 474 g/mol. The second-order valence-corrected chi connectivity index (χ2v) is 10.7. The third-order valence-corrected chi connectivity index (χ3v) is 7.75. The van der Waals surface area contributed by atoms with Crippen molar-refractivity contribution in [2.24, 2.45) is 0 Å². The first-order valence-corrected chi connectivity index (χ1v) is 12.6. The molecule has 0 unspecified atom stereocenters. The van der Waals surface area contributed by atoms with Gasteiger partial charge in [0, 0.05) is 42.6 Å². The van der Waals surface area contributed by atoms with E-state index in [1.165, 1.54) is 5.56 Å². The van der Waals surface area contributed by atoms with Gasteiger partial charge in [0.25, 0.3) is 0 Å². The number of hydrogen-bond donors (Lipinski definition) is 1. The van der Waals surface area contributed by atoms with Gasteiger partial charge < -0.3 is 15.0 Å². The van der Waals surface area contributed by atoms with Crippen molar-refractivity contribution < 1.29 is 9.53 Å². The zero-order valence-electron chi connectivity index (χ0n) is 19.4. The van der Waals surface area contributed by atoms with E-state index in [2.05, 4.69) is 47.3 Å². The van der Waals surface area contributed by atoms with E-state index >= 15 is 0 Å². The molecule has 7 nitrogen and oxygen atoms in total. The quantitative estimate of drug-likeness (QED) is 0.445. The second kappa shape index (κ2) is 8.29. The fraction of sp³-hybridized carbons (Fsp3) is 0.385. The Kier molecular flexibility index (Phi) is 5.22. The number of ether oxygens (including phenoxy) is 1. The molecule has 4 aromatic rings. The Hall–Kier alpha value is -3.10. The molecule has 1 saturated heterocycles. The van der Waals surface area contributed by atoms with Crippen LogP contribution in [0.1, 0.15) is 43.5 Å². The number of carbonyl (C=O) groups is 1. The van der Waals surface area contributed by atoms with Crippen LogP contribution in [-0.2, 0) is 29.0 Å². The van der Waals surface area contributed by atoms with Gasteiger partial charge in [-0.05, 0) is 50.5 Å². The van der Waals surface area contributed by atoms with Gasteiger partial charge >= 0.3 is 0 Å². The summed E-state index contributed by atoms with van der Waals surface area (Å²) in [6.45, 7) is 6.39.